The summed E-state index contributed by atoms with van der Waals surface area (Å²) in [4.78, 5) is 22.7. The molecule has 1 fully saturated rings. The highest BCUT2D eigenvalue weighted by molar-refractivity contribution is 9.10. The minimum absolute atomic E-state index is 0.0195. The van der Waals surface area contributed by atoms with Crippen LogP contribution in [0.1, 0.15) is 6.92 Å². The van der Waals surface area contributed by atoms with Gasteiger partial charge in [0.15, 0.2) is 0 Å². The fourth-order valence-corrected chi connectivity index (χ4v) is 2.74. The number of rotatable bonds is 5. The zero-order valence-corrected chi connectivity index (χ0v) is 12.3. The Hall–Kier alpha value is -1.67. The van der Waals surface area contributed by atoms with Crippen LogP contribution in [0.25, 0.3) is 0 Å². The van der Waals surface area contributed by atoms with Crippen LogP contribution in [0.5, 0.6) is 0 Å². The summed E-state index contributed by atoms with van der Waals surface area (Å²) < 4.78 is 5.95. The zero-order valence-electron chi connectivity index (χ0n) is 10.7. The average molecular weight is 345 g/mol. The highest BCUT2D eigenvalue weighted by Gasteiger charge is 2.41. The highest BCUT2D eigenvalue weighted by atomic mass is 79.9. The number of nitro benzene ring substituents is 1. The molecule has 0 aromatic heterocycles. The van der Waals surface area contributed by atoms with E-state index in [9.17, 15) is 14.9 Å². The van der Waals surface area contributed by atoms with E-state index in [2.05, 4.69) is 15.9 Å². The molecule has 20 heavy (non-hydrogen) atoms. The molecule has 0 aliphatic carbocycles. The molecule has 0 atom stereocenters. The van der Waals surface area contributed by atoms with Crippen molar-refractivity contribution in [3.63, 3.8) is 0 Å². The van der Waals surface area contributed by atoms with Crippen LogP contribution >= 0.6 is 15.9 Å². The van der Waals surface area contributed by atoms with Crippen molar-refractivity contribution in [1.82, 2.24) is 0 Å². The van der Waals surface area contributed by atoms with Crippen LogP contribution in [0.2, 0.25) is 0 Å². The Bertz CT molecular complexity index is 557. The predicted molar refractivity (Wildman–Crippen MR) is 75.0 cm³/mol. The number of carbonyl (C=O) groups is 1. The molecular formula is C12H13BrN2O5. The maximum atomic E-state index is 10.7. The number of hydrogen-bond donors (Lipinski definition) is 1. The summed E-state index contributed by atoms with van der Waals surface area (Å²) in [5, 5.41) is 19.3. The third-order valence-electron chi connectivity index (χ3n) is 3.08. The van der Waals surface area contributed by atoms with Crippen LogP contribution in [0.4, 0.5) is 11.4 Å². The number of nitrogens with zero attached hydrogens (tertiary/aromatic N) is 2. The van der Waals surface area contributed by atoms with Gasteiger partial charge in [-0.15, -0.1) is 0 Å². The second-order valence-electron chi connectivity index (χ2n) is 4.88. The first-order valence-electron chi connectivity index (χ1n) is 5.85. The molecule has 1 N–H and O–H groups in total. The van der Waals surface area contributed by atoms with E-state index in [0.29, 0.717) is 17.6 Å². The highest BCUT2D eigenvalue weighted by Crippen LogP contribution is 2.36. The minimum Gasteiger partial charge on any atom is -0.480 e. The number of anilines is 1. The summed E-state index contributed by atoms with van der Waals surface area (Å²) in [5.74, 6) is -0.999. The third kappa shape index (κ3) is 3.07. The number of hydrogen-bond acceptors (Lipinski definition) is 5. The van der Waals surface area contributed by atoms with E-state index in [0.717, 1.165) is 5.69 Å². The van der Waals surface area contributed by atoms with E-state index in [-0.39, 0.29) is 12.3 Å². The normalized spacial score (nSPS) is 16.6. The number of nitro groups is 1. The van der Waals surface area contributed by atoms with E-state index in [4.69, 9.17) is 9.84 Å². The van der Waals surface area contributed by atoms with Gasteiger partial charge >= 0.3 is 5.97 Å². The van der Waals surface area contributed by atoms with Gasteiger partial charge in [-0.2, -0.15) is 0 Å². The van der Waals surface area contributed by atoms with Crippen molar-refractivity contribution in [1.29, 1.82) is 0 Å². The molecule has 1 aromatic rings. The van der Waals surface area contributed by atoms with Gasteiger partial charge in [0.25, 0.3) is 5.69 Å². The first-order chi connectivity index (χ1) is 9.31. The third-order valence-corrected chi connectivity index (χ3v) is 3.71. The lowest BCUT2D eigenvalue weighted by molar-refractivity contribution is -0.384. The second kappa shape index (κ2) is 5.37. The second-order valence-corrected chi connectivity index (χ2v) is 5.74. The predicted octanol–water partition coefficient (Wildman–Crippen LogP) is 2.04. The molecule has 0 radical (unpaired) electrons. The molecular weight excluding hydrogens is 332 g/mol. The van der Waals surface area contributed by atoms with Gasteiger partial charge in [0, 0.05) is 29.7 Å². The maximum Gasteiger partial charge on any atom is 0.329 e. The van der Waals surface area contributed by atoms with E-state index < -0.39 is 16.5 Å². The summed E-state index contributed by atoms with van der Waals surface area (Å²) in [6.45, 7) is 2.59. The van der Waals surface area contributed by atoms with Crippen molar-refractivity contribution in [2.24, 2.45) is 0 Å². The zero-order chi connectivity index (χ0) is 14.9. The molecule has 0 spiro atoms. The molecule has 2 rings (SSSR count). The first-order valence-corrected chi connectivity index (χ1v) is 6.65. The Labute approximate surface area is 123 Å². The Balaban J connectivity index is 2.02. The summed E-state index contributed by atoms with van der Waals surface area (Å²) in [6.07, 6.45) is 0. The van der Waals surface area contributed by atoms with E-state index in [1.807, 2.05) is 11.8 Å². The van der Waals surface area contributed by atoms with Crippen LogP contribution < -0.4 is 4.90 Å². The van der Waals surface area contributed by atoms with Crippen LogP contribution in [0.3, 0.4) is 0 Å². The largest absolute Gasteiger partial charge is 0.480 e. The topological polar surface area (TPSA) is 92.9 Å². The van der Waals surface area contributed by atoms with Gasteiger partial charge in [0.1, 0.15) is 12.2 Å². The Morgan fingerprint density at radius 1 is 1.60 bits per heavy atom. The van der Waals surface area contributed by atoms with Crippen molar-refractivity contribution in [2.45, 2.75) is 12.5 Å². The van der Waals surface area contributed by atoms with Gasteiger partial charge in [-0.25, -0.2) is 4.79 Å². The molecule has 0 bridgehead atoms. The van der Waals surface area contributed by atoms with Crippen molar-refractivity contribution in [2.75, 3.05) is 24.6 Å². The summed E-state index contributed by atoms with van der Waals surface area (Å²) >= 11 is 3.31. The summed E-state index contributed by atoms with van der Waals surface area (Å²) in [6, 6.07) is 4.55. The van der Waals surface area contributed by atoms with Crippen molar-refractivity contribution in [3.05, 3.63) is 32.8 Å². The number of halogens is 1. The lowest BCUT2D eigenvalue weighted by Gasteiger charge is -2.48. The van der Waals surface area contributed by atoms with Crippen molar-refractivity contribution < 1.29 is 19.6 Å². The molecule has 1 aromatic carbocycles. The quantitative estimate of drug-likeness (QED) is 0.648. The molecule has 1 saturated heterocycles. The van der Waals surface area contributed by atoms with Gasteiger partial charge in [-0.05, 0) is 28.9 Å². The van der Waals surface area contributed by atoms with E-state index >= 15 is 0 Å². The van der Waals surface area contributed by atoms with E-state index in [1.54, 1.807) is 6.07 Å². The van der Waals surface area contributed by atoms with Crippen molar-refractivity contribution in [3.8, 4) is 0 Å². The Morgan fingerprint density at radius 3 is 2.75 bits per heavy atom. The van der Waals surface area contributed by atoms with Crippen molar-refractivity contribution >= 4 is 33.3 Å². The van der Waals surface area contributed by atoms with Gasteiger partial charge in [-0.1, -0.05) is 0 Å². The number of non-ortho nitro benzene ring substituents is 1. The molecule has 0 saturated carbocycles. The minimum atomic E-state index is -0.999. The van der Waals surface area contributed by atoms with Gasteiger partial charge < -0.3 is 14.7 Å². The van der Waals surface area contributed by atoms with Crippen LogP contribution in [-0.4, -0.2) is 41.3 Å². The van der Waals surface area contributed by atoms with Gasteiger partial charge in [-0.3, -0.25) is 10.1 Å². The molecule has 7 nitrogen and oxygen atoms in total. The molecule has 1 aliphatic rings. The molecule has 108 valence electrons. The lowest BCUT2D eigenvalue weighted by atomic mass is 9.95. The van der Waals surface area contributed by atoms with Gasteiger partial charge in [0.05, 0.1) is 10.6 Å². The molecule has 0 amide bonds. The average Bonchev–Trinajstić information content (AvgIpc) is 2.33. The number of carboxylic acids is 1. The summed E-state index contributed by atoms with van der Waals surface area (Å²) in [7, 11) is 0. The smallest absolute Gasteiger partial charge is 0.329 e. The molecule has 8 heteroatoms. The van der Waals surface area contributed by atoms with Crippen LogP contribution in [0.15, 0.2) is 22.7 Å². The number of ether oxygens (including phenoxy) is 1. The SMILES string of the molecule is CC1(OCC(=O)O)CN(c2ccc([N+](=O)[O-])cc2Br)C1. The summed E-state index contributed by atoms with van der Waals surface area (Å²) in [5.41, 5.74) is 0.345. The number of carboxylic acid groups (broad SMARTS) is 1. The fraction of sp³-hybridized carbons (Fsp3) is 0.417. The van der Waals surface area contributed by atoms with E-state index in [1.165, 1.54) is 12.1 Å². The standard InChI is InChI=1S/C12H13BrN2O5/c1-12(20-5-11(16)17)6-14(7-12)10-3-2-8(15(18)19)4-9(10)13/h2-4H,5-7H2,1H3,(H,16,17). The molecule has 1 heterocycles. The fourth-order valence-electron chi connectivity index (χ4n) is 2.12. The lowest BCUT2D eigenvalue weighted by Crippen LogP contribution is -2.62. The van der Waals surface area contributed by atoms with Gasteiger partial charge in [0.2, 0.25) is 0 Å². The molecule has 1 aliphatic heterocycles. The Morgan fingerprint density at radius 2 is 2.25 bits per heavy atom. The number of aliphatic carboxylic acids is 1. The van der Waals surface area contributed by atoms with Crippen LogP contribution in [0, 0.1) is 10.1 Å². The van der Waals surface area contributed by atoms with Crippen LogP contribution in [-0.2, 0) is 9.53 Å². The Kier molecular flexibility index (Phi) is 3.96. The monoisotopic (exact) mass is 344 g/mol. The maximum absolute atomic E-state index is 10.7. The molecule has 0 unspecified atom stereocenters. The number of benzene rings is 1. The first kappa shape index (κ1) is 14.7.